The van der Waals surface area contributed by atoms with E-state index in [1.54, 1.807) is 11.3 Å². The van der Waals surface area contributed by atoms with Gasteiger partial charge in [0, 0.05) is 19.0 Å². The molecule has 0 spiro atoms. The largest absolute Gasteiger partial charge is 0.339 e. The Morgan fingerprint density at radius 3 is 2.75 bits per heavy atom. The Balaban J connectivity index is 1.70. The smallest absolute Gasteiger partial charge is 0.230 e. The number of nitrogens with zero attached hydrogens (tertiary/aromatic N) is 3. The minimum Gasteiger partial charge on any atom is -0.339 e. The molecule has 0 atom stereocenters. The SMILES string of the molecule is CS(=O)(=O)N1CCC(c2nc(-c3cccs3)no2)CC1. The fraction of sp³-hybridized carbons (Fsp3) is 0.500. The number of hydrogen-bond acceptors (Lipinski definition) is 6. The van der Waals surface area contributed by atoms with E-state index in [-0.39, 0.29) is 5.92 Å². The summed E-state index contributed by atoms with van der Waals surface area (Å²) in [5, 5.41) is 5.96. The molecule has 1 saturated heterocycles. The van der Waals surface area contributed by atoms with Crippen molar-refractivity contribution in [3.63, 3.8) is 0 Å². The molecule has 8 heteroatoms. The maximum absolute atomic E-state index is 11.5. The quantitative estimate of drug-likeness (QED) is 0.865. The topological polar surface area (TPSA) is 76.3 Å². The molecule has 0 amide bonds. The molecule has 0 bridgehead atoms. The van der Waals surface area contributed by atoms with Crippen LogP contribution in [0.25, 0.3) is 10.7 Å². The van der Waals surface area contributed by atoms with Crippen molar-refractivity contribution in [2.45, 2.75) is 18.8 Å². The molecule has 2 aromatic rings. The van der Waals surface area contributed by atoms with E-state index in [0.717, 1.165) is 17.7 Å². The molecular formula is C12H15N3O3S2. The van der Waals surface area contributed by atoms with Gasteiger partial charge in [0.25, 0.3) is 0 Å². The van der Waals surface area contributed by atoms with Crippen LogP contribution in [0.4, 0.5) is 0 Å². The summed E-state index contributed by atoms with van der Waals surface area (Å²) in [6.07, 6.45) is 2.69. The second-order valence-electron chi connectivity index (χ2n) is 4.87. The number of thiophene rings is 1. The Kier molecular flexibility index (Phi) is 3.61. The summed E-state index contributed by atoms with van der Waals surface area (Å²) in [4.78, 5) is 5.41. The molecule has 0 aromatic carbocycles. The van der Waals surface area contributed by atoms with Crippen LogP contribution in [0.15, 0.2) is 22.0 Å². The van der Waals surface area contributed by atoms with E-state index in [9.17, 15) is 8.42 Å². The third kappa shape index (κ3) is 2.77. The fourth-order valence-corrected chi connectivity index (χ4v) is 3.86. The summed E-state index contributed by atoms with van der Waals surface area (Å²) in [7, 11) is -3.09. The fourth-order valence-electron chi connectivity index (χ4n) is 2.34. The lowest BCUT2D eigenvalue weighted by molar-refractivity contribution is 0.271. The van der Waals surface area contributed by atoms with Crippen LogP contribution in [-0.2, 0) is 10.0 Å². The first-order valence-corrected chi connectivity index (χ1v) is 9.09. The van der Waals surface area contributed by atoms with Crippen molar-refractivity contribution < 1.29 is 12.9 Å². The first-order valence-electron chi connectivity index (χ1n) is 6.36. The summed E-state index contributed by atoms with van der Waals surface area (Å²) in [5.41, 5.74) is 0. The van der Waals surface area contributed by atoms with E-state index in [4.69, 9.17) is 4.52 Å². The van der Waals surface area contributed by atoms with E-state index in [0.29, 0.717) is 24.8 Å². The molecule has 1 aliphatic heterocycles. The van der Waals surface area contributed by atoms with E-state index in [1.165, 1.54) is 10.6 Å². The zero-order valence-corrected chi connectivity index (χ0v) is 12.7. The highest BCUT2D eigenvalue weighted by Crippen LogP contribution is 2.30. The molecule has 108 valence electrons. The molecule has 1 aliphatic rings. The number of piperidine rings is 1. The number of sulfonamides is 1. The standard InChI is InChI=1S/C12H15N3O3S2/c1-20(16,17)15-6-4-9(5-7-15)12-13-11(14-18-12)10-3-2-8-19-10/h2-3,8-9H,4-7H2,1H3. The van der Waals surface area contributed by atoms with Crippen molar-refractivity contribution >= 4 is 21.4 Å². The Morgan fingerprint density at radius 1 is 1.40 bits per heavy atom. The van der Waals surface area contributed by atoms with Gasteiger partial charge in [-0.1, -0.05) is 11.2 Å². The van der Waals surface area contributed by atoms with Crippen molar-refractivity contribution in [1.29, 1.82) is 0 Å². The van der Waals surface area contributed by atoms with E-state index in [2.05, 4.69) is 10.1 Å². The van der Waals surface area contributed by atoms with Gasteiger partial charge in [0.05, 0.1) is 11.1 Å². The van der Waals surface area contributed by atoms with Crippen LogP contribution in [0.5, 0.6) is 0 Å². The number of rotatable bonds is 3. The molecule has 0 aliphatic carbocycles. The van der Waals surface area contributed by atoms with Gasteiger partial charge in [-0.05, 0) is 24.3 Å². The van der Waals surface area contributed by atoms with Gasteiger partial charge >= 0.3 is 0 Å². The van der Waals surface area contributed by atoms with Gasteiger partial charge in [-0.2, -0.15) is 4.98 Å². The van der Waals surface area contributed by atoms with Crippen LogP contribution in [0.2, 0.25) is 0 Å². The third-order valence-electron chi connectivity index (χ3n) is 3.46. The van der Waals surface area contributed by atoms with Crippen LogP contribution in [0.3, 0.4) is 0 Å². The van der Waals surface area contributed by atoms with Crippen LogP contribution in [0, 0.1) is 0 Å². The summed E-state index contributed by atoms with van der Waals surface area (Å²) in [5.74, 6) is 1.37. The second kappa shape index (κ2) is 5.27. The van der Waals surface area contributed by atoms with Crippen molar-refractivity contribution in [1.82, 2.24) is 14.4 Å². The van der Waals surface area contributed by atoms with Gasteiger partial charge in [-0.25, -0.2) is 12.7 Å². The maximum Gasteiger partial charge on any atom is 0.230 e. The Morgan fingerprint density at radius 2 is 2.15 bits per heavy atom. The Hall–Kier alpha value is -1.25. The van der Waals surface area contributed by atoms with E-state index >= 15 is 0 Å². The minimum absolute atomic E-state index is 0.147. The summed E-state index contributed by atoms with van der Waals surface area (Å²) >= 11 is 1.57. The van der Waals surface area contributed by atoms with Gasteiger partial charge in [0.15, 0.2) is 0 Å². The highest BCUT2D eigenvalue weighted by atomic mass is 32.2. The molecule has 3 heterocycles. The zero-order chi connectivity index (χ0) is 14.2. The van der Waals surface area contributed by atoms with Crippen molar-refractivity contribution in [3.05, 3.63) is 23.4 Å². The van der Waals surface area contributed by atoms with E-state index < -0.39 is 10.0 Å². The molecule has 20 heavy (non-hydrogen) atoms. The van der Waals surface area contributed by atoms with E-state index in [1.807, 2.05) is 17.5 Å². The first-order chi connectivity index (χ1) is 9.54. The molecule has 0 radical (unpaired) electrons. The maximum atomic E-state index is 11.5. The lowest BCUT2D eigenvalue weighted by Crippen LogP contribution is -2.37. The van der Waals surface area contributed by atoms with Gasteiger partial charge in [0.2, 0.25) is 21.7 Å². The lowest BCUT2D eigenvalue weighted by atomic mass is 9.98. The Labute approximate surface area is 121 Å². The van der Waals surface area contributed by atoms with Gasteiger partial charge in [-0.15, -0.1) is 11.3 Å². The predicted octanol–water partition coefficient (Wildman–Crippen LogP) is 1.94. The van der Waals surface area contributed by atoms with Crippen molar-refractivity contribution in [2.24, 2.45) is 0 Å². The number of aromatic nitrogens is 2. The third-order valence-corrected chi connectivity index (χ3v) is 5.62. The first kappa shape index (κ1) is 13.7. The summed E-state index contributed by atoms with van der Waals surface area (Å²) in [6, 6.07) is 3.90. The van der Waals surface area contributed by atoms with Crippen LogP contribution < -0.4 is 0 Å². The highest BCUT2D eigenvalue weighted by Gasteiger charge is 2.29. The van der Waals surface area contributed by atoms with Crippen LogP contribution >= 0.6 is 11.3 Å². The normalized spacial score (nSPS) is 18.4. The molecule has 0 N–H and O–H groups in total. The molecule has 6 nitrogen and oxygen atoms in total. The van der Waals surface area contributed by atoms with Crippen LogP contribution in [0.1, 0.15) is 24.7 Å². The summed E-state index contributed by atoms with van der Waals surface area (Å²) in [6.45, 7) is 1.03. The Bertz CT molecular complexity index is 671. The molecule has 0 saturated carbocycles. The van der Waals surface area contributed by atoms with Crippen LogP contribution in [-0.4, -0.2) is 42.2 Å². The number of hydrogen-bond donors (Lipinski definition) is 0. The van der Waals surface area contributed by atoms with Gasteiger partial charge in [-0.3, -0.25) is 0 Å². The van der Waals surface area contributed by atoms with Gasteiger partial charge in [0.1, 0.15) is 0 Å². The average Bonchev–Trinajstić information content (AvgIpc) is 3.09. The summed E-state index contributed by atoms with van der Waals surface area (Å²) < 4.78 is 29.8. The molecule has 0 unspecified atom stereocenters. The molecular weight excluding hydrogens is 298 g/mol. The van der Waals surface area contributed by atoms with Crippen molar-refractivity contribution in [2.75, 3.05) is 19.3 Å². The lowest BCUT2D eigenvalue weighted by Gasteiger charge is -2.28. The van der Waals surface area contributed by atoms with Gasteiger partial charge < -0.3 is 4.52 Å². The highest BCUT2D eigenvalue weighted by molar-refractivity contribution is 7.88. The van der Waals surface area contributed by atoms with Crippen molar-refractivity contribution in [3.8, 4) is 10.7 Å². The molecule has 2 aromatic heterocycles. The second-order valence-corrected chi connectivity index (χ2v) is 7.80. The zero-order valence-electron chi connectivity index (χ0n) is 11.0. The monoisotopic (exact) mass is 313 g/mol. The minimum atomic E-state index is -3.09. The average molecular weight is 313 g/mol. The predicted molar refractivity (Wildman–Crippen MR) is 76.0 cm³/mol. The molecule has 1 fully saturated rings. The molecule has 3 rings (SSSR count).